The van der Waals surface area contributed by atoms with Crippen molar-refractivity contribution in [2.45, 2.75) is 6.92 Å². The van der Waals surface area contributed by atoms with E-state index in [1.807, 2.05) is 73.1 Å². The standard InChI is InChI=1S/C25H22N2O3/c1-16-9-4-5-12-19(16)25(29)26-24-22(17-10-8-11-18(15-17)30-3)23(28)20-13-6-7-14-21(20)27(24)2/h4-15H,1-3H3,(H,26,29). The highest BCUT2D eigenvalue weighted by atomic mass is 16.5. The van der Waals surface area contributed by atoms with Gasteiger partial charge in [0.25, 0.3) is 5.91 Å². The number of anilines is 1. The average Bonchev–Trinajstić information content (AvgIpc) is 2.77. The van der Waals surface area contributed by atoms with Gasteiger partial charge in [-0.25, -0.2) is 0 Å². The molecule has 1 aromatic heterocycles. The Bertz CT molecular complexity index is 1320. The van der Waals surface area contributed by atoms with E-state index < -0.39 is 0 Å². The molecule has 30 heavy (non-hydrogen) atoms. The van der Waals surface area contributed by atoms with Crippen molar-refractivity contribution in [2.24, 2.45) is 7.05 Å². The Labute approximate surface area is 174 Å². The number of rotatable bonds is 4. The highest BCUT2D eigenvalue weighted by Crippen LogP contribution is 2.30. The van der Waals surface area contributed by atoms with Crippen LogP contribution in [0.25, 0.3) is 22.0 Å². The van der Waals surface area contributed by atoms with Crippen molar-refractivity contribution in [3.8, 4) is 16.9 Å². The Balaban J connectivity index is 1.97. The van der Waals surface area contributed by atoms with Gasteiger partial charge in [-0.15, -0.1) is 0 Å². The Morgan fingerprint density at radius 2 is 1.70 bits per heavy atom. The second-order valence-electron chi connectivity index (χ2n) is 7.13. The quantitative estimate of drug-likeness (QED) is 0.538. The maximum Gasteiger partial charge on any atom is 0.257 e. The van der Waals surface area contributed by atoms with Crippen LogP contribution in [0.2, 0.25) is 0 Å². The van der Waals surface area contributed by atoms with E-state index in [4.69, 9.17) is 4.74 Å². The lowest BCUT2D eigenvalue weighted by molar-refractivity contribution is 0.102. The normalized spacial score (nSPS) is 10.8. The molecule has 0 atom stereocenters. The first-order valence-electron chi connectivity index (χ1n) is 9.64. The summed E-state index contributed by atoms with van der Waals surface area (Å²) in [7, 11) is 3.43. The molecule has 5 nitrogen and oxygen atoms in total. The van der Waals surface area contributed by atoms with Gasteiger partial charge in [0.15, 0.2) is 5.43 Å². The van der Waals surface area contributed by atoms with Crippen LogP contribution in [0.5, 0.6) is 5.75 Å². The number of para-hydroxylation sites is 1. The fourth-order valence-electron chi connectivity index (χ4n) is 3.68. The fourth-order valence-corrected chi connectivity index (χ4v) is 3.68. The van der Waals surface area contributed by atoms with Gasteiger partial charge in [-0.05, 0) is 48.4 Å². The fraction of sp³-hybridized carbons (Fsp3) is 0.120. The summed E-state index contributed by atoms with van der Waals surface area (Å²) in [6, 6.07) is 22.0. The number of aryl methyl sites for hydroxylation is 2. The summed E-state index contributed by atoms with van der Waals surface area (Å²) in [6.45, 7) is 1.89. The summed E-state index contributed by atoms with van der Waals surface area (Å²) in [4.78, 5) is 26.6. The predicted octanol–water partition coefficient (Wildman–Crippen LogP) is 4.77. The number of ether oxygens (including phenoxy) is 1. The number of aromatic nitrogens is 1. The second-order valence-corrected chi connectivity index (χ2v) is 7.13. The molecule has 0 aliphatic heterocycles. The third kappa shape index (κ3) is 3.35. The van der Waals surface area contributed by atoms with Crippen LogP contribution in [-0.4, -0.2) is 17.6 Å². The van der Waals surface area contributed by atoms with Gasteiger partial charge in [0.2, 0.25) is 0 Å². The van der Waals surface area contributed by atoms with Crippen LogP contribution in [0.1, 0.15) is 15.9 Å². The van der Waals surface area contributed by atoms with Crippen LogP contribution >= 0.6 is 0 Å². The molecular formula is C25H22N2O3. The number of carbonyl (C=O) groups is 1. The SMILES string of the molecule is COc1cccc(-c2c(NC(=O)c3ccccc3C)n(C)c3ccccc3c2=O)c1. The summed E-state index contributed by atoms with van der Waals surface area (Å²) in [5, 5.41) is 3.58. The van der Waals surface area contributed by atoms with Crippen LogP contribution in [0.3, 0.4) is 0 Å². The number of nitrogens with zero attached hydrogens (tertiary/aromatic N) is 1. The molecule has 1 heterocycles. The van der Waals surface area contributed by atoms with Crippen molar-refractivity contribution in [1.29, 1.82) is 0 Å². The number of fused-ring (bicyclic) bond motifs is 1. The first kappa shape index (κ1) is 19.5. The van der Waals surface area contributed by atoms with E-state index in [2.05, 4.69) is 5.32 Å². The van der Waals surface area contributed by atoms with E-state index in [1.165, 1.54) is 0 Å². The van der Waals surface area contributed by atoms with Gasteiger partial charge in [0, 0.05) is 18.0 Å². The molecule has 0 saturated heterocycles. The Morgan fingerprint density at radius 3 is 2.47 bits per heavy atom. The van der Waals surface area contributed by atoms with Crippen molar-refractivity contribution in [2.75, 3.05) is 12.4 Å². The summed E-state index contributed by atoms with van der Waals surface area (Å²) in [5.41, 5.74) is 3.14. The number of nitrogens with one attached hydrogen (secondary N) is 1. The zero-order valence-corrected chi connectivity index (χ0v) is 17.1. The molecule has 0 aliphatic carbocycles. The van der Waals surface area contributed by atoms with Gasteiger partial charge in [0.1, 0.15) is 11.6 Å². The minimum absolute atomic E-state index is 0.142. The third-order valence-electron chi connectivity index (χ3n) is 5.29. The van der Waals surface area contributed by atoms with E-state index in [0.29, 0.717) is 33.6 Å². The first-order chi connectivity index (χ1) is 14.5. The first-order valence-corrected chi connectivity index (χ1v) is 9.64. The van der Waals surface area contributed by atoms with Gasteiger partial charge in [-0.3, -0.25) is 9.59 Å². The molecule has 0 bridgehead atoms. The molecule has 1 amide bonds. The minimum atomic E-state index is -0.262. The number of benzene rings is 3. The van der Waals surface area contributed by atoms with Crippen molar-refractivity contribution in [3.63, 3.8) is 0 Å². The molecule has 0 saturated carbocycles. The lowest BCUT2D eigenvalue weighted by Crippen LogP contribution is -2.22. The highest BCUT2D eigenvalue weighted by Gasteiger charge is 2.20. The molecule has 4 rings (SSSR count). The largest absolute Gasteiger partial charge is 0.497 e. The van der Waals surface area contributed by atoms with Crippen LogP contribution in [0.15, 0.2) is 77.6 Å². The zero-order valence-electron chi connectivity index (χ0n) is 17.1. The number of hydrogen-bond acceptors (Lipinski definition) is 3. The summed E-state index contributed by atoms with van der Waals surface area (Å²) in [6.07, 6.45) is 0. The molecule has 0 unspecified atom stereocenters. The number of pyridine rings is 1. The van der Waals surface area contributed by atoms with Gasteiger partial charge < -0.3 is 14.6 Å². The van der Waals surface area contributed by atoms with Crippen LogP contribution in [0.4, 0.5) is 5.82 Å². The smallest absolute Gasteiger partial charge is 0.257 e. The predicted molar refractivity (Wildman–Crippen MR) is 120 cm³/mol. The number of amides is 1. The number of hydrogen-bond donors (Lipinski definition) is 1. The molecule has 3 aromatic carbocycles. The molecular weight excluding hydrogens is 376 g/mol. The Morgan fingerprint density at radius 1 is 0.967 bits per heavy atom. The monoisotopic (exact) mass is 398 g/mol. The molecule has 0 aliphatic rings. The van der Waals surface area contributed by atoms with Crippen molar-refractivity contribution in [3.05, 3.63) is 94.1 Å². The molecule has 1 N–H and O–H groups in total. The van der Waals surface area contributed by atoms with E-state index in [0.717, 1.165) is 11.1 Å². The Hall–Kier alpha value is -3.86. The number of carbonyl (C=O) groups excluding carboxylic acids is 1. The maximum absolute atomic E-state index is 13.5. The topological polar surface area (TPSA) is 60.3 Å². The third-order valence-corrected chi connectivity index (χ3v) is 5.29. The molecule has 5 heteroatoms. The number of methoxy groups -OCH3 is 1. The minimum Gasteiger partial charge on any atom is -0.497 e. The summed E-state index contributed by atoms with van der Waals surface area (Å²) >= 11 is 0. The second kappa shape index (κ2) is 7.87. The van der Waals surface area contributed by atoms with Crippen LogP contribution < -0.4 is 15.5 Å². The van der Waals surface area contributed by atoms with Crippen molar-refractivity contribution < 1.29 is 9.53 Å². The molecule has 150 valence electrons. The summed E-state index contributed by atoms with van der Waals surface area (Å²) < 4.78 is 7.19. The lowest BCUT2D eigenvalue weighted by atomic mass is 10.0. The van der Waals surface area contributed by atoms with Gasteiger partial charge in [-0.2, -0.15) is 0 Å². The molecule has 0 radical (unpaired) electrons. The van der Waals surface area contributed by atoms with Crippen LogP contribution in [-0.2, 0) is 7.05 Å². The summed E-state index contributed by atoms with van der Waals surface area (Å²) in [5.74, 6) is 0.821. The highest BCUT2D eigenvalue weighted by molar-refractivity contribution is 6.07. The van der Waals surface area contributed by atoms with E-state index in [-0.39, 0.29) is 11.3 Å². The zero-order chi connectivity index (χ0) is 21.3. The lowest BCUT2D eigenvalue weighted by Gasteiger charge is -2.19. The van der Waals surface area contributed by atoms with Gasteiger partial charge >= 0.3 is 0 Å². The van der Waals surface area contributed by atoms with E-state index >= 15 is 0 Å². The van der Waals surface area contributed by atoms with E-state index in [1.54, 1.807) is 25.3 Å². The van der Waals surface area contributed by atoms with E-state index in [9.17, 15) is 9.59 Å². The molecule has 4 aromatic rings. The molecule has 0 spiro atoms. The van der Waals surface area contributed by atoms with Crippen LogP contribution in [0, 0.1) is 6.92 Å². The maximum atomic E-state index is 13.5. The van der Waals surface area contributed by atoms with Gasteiger partial charge in [-0.1, -0.05) is 42.5 Å². The van der Waals surface area contributed by atoms with Gasteiger partial charge in [0.05, 0.1) is 18.2 Å². The van der Waals surface area contributed by atoms with Crippen molar-refractivity contribution in [1.82, 2.24) is 4.57 Å². The average molecular weight is 398 g/mol. The Kier molecular flexibility index (Phi) is 5.11. The molecule has 0 fully saturated rings. The van der Waals surface area contributed by atoms with Crippen molar-refractivity contribution >= 4 is 22.6 Å².